The first-order valence-electron chi connectivity index (χ1n) is 9.03. The van der Waals surface area contributed by atoms with Gasteiger partial charge in [-0.25, -0.2) is 8.42 Å². The van der Waals surface area contributed by atoms with Crippen LogP contribution in [0.25, 0.3) is 0 Å². The highest BCUT2D eigenvalue weighted by atomic mass is 32.2. The lowest BCUT2D eigenvalue weighted by molar-refractivity contribution is -0.132. The van der Waals surface area contributed by atoms with Gasteiger partial charge in [0.2, 0.25) is 15.9 Å². The number of aromatic nitrogens is 1. The molecule has 1 aromatic rings. The molecule has 3 heterocycles. The van der Waals surface area contributed by atoms with Gasteiger partial charge in [-0.15, -0.1) is 0 Å². The Morgan fingerprint density at radius 3 is 2.35 bits per heavy atom. The number of hydrogen-bond donors (Lipinski definition) is 1. The lowest BCUT2D eigenvalue weighted by Crippen LogP contribution is -2.50. The van der Waals surface area contributed by atoms with E-state index < -0.39 is 10.0 Å². The van der Waals surface area contributed by atoms with Crippen LogP contribution in [0.2, 0.25) is 0 Å². The van der Waals surface area contributed by atoms with Gasteiger partial charge in [0, 0.05) is 65.3 Å². The summed E-state index contributed by atoms with van der Waals surface area (Å²) in [5, 5.41) is 6.98. The Kier molecular flexibility index (Phi) is 5.96. The predicted octanol–water partition coefficient (Wildman–Crippen LogP) is -0.580. The van der Waals surface area contributed by atoms with Crippen molar-refractivity contribution < 1.29 is 17.7 Å². The summed E-state index contributed by atoms with van der Waals surface area (Å²) in [7, 11) is -3.58. The Labute approximate surface area is 154 Å². The monoisotopic (exact) mass is 385 g/mol. The van der Waals surface area contributed by atoms with Crippen molar-refractivity contribution in [2.45, 2.75) is 25.2 Å². The fourth-order valence-electron chi connectivity index (χ4n) is 3.49. The third-order valence-corrected chi connectivity index (χ3v) is 7.15. The van der Waals surface area contributed by atoms with Gasteiger partial charge in [0.1, 0.15) is 10.6 Å². The zero-order valence-electron chi connectivity index (χ0n) is 15.4. The summed E-state index contributed by atoms with van der Waals surface area (Å²) in [4.78, 5) is 16.5. The first kappa shape index (κ1) is 19.3. The predicted molar refractivity (Wildman–Crippen MR) is 95.2 cm³/mol. The van der Waals surface area contributed by atoms with Crippen molar-refractivity contribution in [2.75, 3.05) is 58.9 Å². The van der Waals surface area contributed by atoms with Crippen LogP contribution < -0.4 is 5.32 Å². The quantitative estimate of drug-likeness (QED) is 0.724. The summed E-state index contributed by atoms with van der Waals surface area (Å²) in [6, 6.07) is 0. The van der Waals surface area contributed by atoms with Gasteiger partial charge in [-0.1, -0.05) is 5.16 Å². The second kappa shape index (κ2) is 8.03. The molecule has 1 N–H and O–H groups in total. The van der Waals surface area contributed by atoms with Gasteiger partial charge >= 0.3 is 0 Å². The molecule has 9 nitrogen and oxygen atoms in total. The van der Waals surface area contributed by atoms with E-state index >= 15 is 0 Å². The highest BCUT2D eigenvalue weighted by molar-refractivity contribution is 7.89. The van der Waals surface area contributed by atoms with Crippen LogP contribution in [0.4, 0.5) is 0 Å². The van der Waals surface area contributed by atoms with Crippen LogP contribution in [-0.4, -0.2) is 92.5 Å². The van der Waals surface area contributed by atoms with E-state index in [1.807, 2.05) is 4.90 Å². The van der Waals surface area contributed by atoms with Gasteiger partial charge in [-0.2, -0.15) is 4.31 Å². The Hall–Kier alpha value is -1.49. The van der Waals surface area contributed by atoms with E-state index in [4.69, 9.17) is 4.52 Å². The molecule has 2 fully saturated rings. The molecule has 0 saturated carbocycles. The van der Waals surface area contributed by atoms with Crippen LogP contribution in [0.5, 0.6) is 0 Å². The van der Waals surface area contributed by atoms with Crippen molar-refractivity contribution in [1.29, 1.82) is 0 Å². The van der Waals surface area contributed by atoms with Gasteiger partial charge in [-0.3, -0.25) is 4.79 Å². The molecule has 2 aliphatic rings. The molecule has 0 bridgehead atoms. The van der Waals surface area contributed by atoms with Gasteiger partial charge in [0.15, 0.2) is 5.76 Å². The highest BCUT2D eigenvalue weighted by Gasteiger charge is 2.33. The Balaban J connectivity index is 1.50. The summed E-state index contributed by atoms with van der Waals surface area (Å²) in [5.41, 5.74) is 0.395. The standard InChI is InChI=1S/C16H27N5O4S/c1-13-16(14(2)25-18-13)26(23,24)21-11-9-19(10-12-21)6-3-15(22)20-7-4-17-5-8-20/h17H,3-12H2,1-2H3. The molecule has 1 amide bonds. The van der Waals surface area contributed by atoms with E-state index in [0.29, 0.717) is 50.6 Å². The van der Waals surface area contributed by atoms with Crippen LogP contribution in [0.15, 0.2) is 9.42 Å². The van der Waals surface area contributed by atoms with Crippen molar-refractivity contribution >= 4 is 15.9 Å². The lowest BCUT2D eigenvalue weighted by atomic mass is 10.2. The van der Waals surface area contributed by atoms with Crippen LogP contribution in [0, 0.1) is 13.8 Å². The number of carbonyl (C=O) groups is 1. The molecule has 26 heavy (non-hydrogen) atoms. The fourth-order valence-corrected chi connectivity index (χ4v) is 5.20. The van der Waals surface area contributed by atoms with Gasteiger partial charge in [0.25, 0.3) is 0 Å². The largest absolute Gasteiger partial charge is 0.360 e. The molecule has 0 spiro atoms. The Morgan fingerprint density at radius 2 is 1.77 bits per heavy atom. The van der Waals surface area contributed by atoms with Crippen LogP contribution >= 0.6 is 0 Å². The third kappa shape index (κ3) is 4.08. The molecule has 0 aliphatic carbocycles. The Bertz CT molecular complexity index is 714. The van der Waals surface area contributed by atoms with Crippen LogP contribution in [0.3, 0.4) is 0 Å². The molecule has 10 heteroatoms. The molecule has 0 unspecified atom stereocenters. The van der Waals surface area contributed by atoms with Crippen LogP contribution in [-0.2, 0) is 14.8 Å². The van der Waals surface area contributed by atoms with Crippen LogP contribution in [0.1, 0.15) is 17.9 Å². The van der Waals surface area contributed by atoms with Crippen molar-refractivity contribution in [2.24, 2.45) is 0 Å². The molecule has 0 aromatic carbocycles. The molecule has 2 saturated heterocycles. The average Bonchev–Trinajstić information content (AvgIpc) is 3.00. The number of nitrogens with one attached hydrogen (secondary N) is 1. The van der Waals surface area contributed by atoms with E-state index in [9.17, 15) is 13.2 Å². The topological polar surface area (TPSA) is 99.0 Å². The highest BCUT2D eigenvalue weighted by Crippen LogP contribution is 2.24. The maximum absolute atomic E-state index is 12.8. The molecule has 146 valence electrons. The second-order valence-electron chi connectivity index (χ2n) is 6.78. The molecule has 0 atom stereocenters. The number of hydrogen-bond acceptors (Lipinski definition) is 7. The van der Waals surface area contributed by atoms with E-state index in [1.54, 1.807) is 13.8 Å². The smallest absolute Gasteiger partial charge is 0.248 e. The number of amides is 1. The van der Waals surface area contributed by atoms with Gasteiger partial charge in [0.05, 0.1) is 0 Å². The van der Waals surface area contributed by atoms with Crippen molar-refractivity contribution in [3.8, 4) is 0 Å². The number of rotatable bonds is 5. The minimum Gasteiger partial charge on any atom is -0.360 e. The van der Waals surface area contributed by atoms with Gasteiger partial charge < -0.3 is 19.6 Å². The summed E-state index contributed by atoms with van der Waals surface area (Å²) >= 11 is 0. The third-order valence-electron chi connectivity index (χ3n) is 5.01. The van der Waals surface area contributed by atoms with E-state index in [1.165, 1.54) is 4.31 Å². The summed E-state index contributed by atoms with van der Waals surface area (Å²) in [6.07, 6.45) is 0.483. The van der Waals surface area contributed by atoms with Crippen molar-refractivity contribution in [1.82, 2.24) is 24.6 Å². The molecule has 3 rings (SSSR count). The first-order chi connectivity index (χ1) is 12.4. The maximum Gasteiger partial charge on any atom is 0.248 e. The zero-order valence-corrected chi connectivity index (χ0v) is 16.2. The number of nitrogens with zero attached hydrogens (tertiary/aromatic N) is 4. The minimum atomic E-state index is -3.58. The molecular weight excluding hydrogens is 358 g/mol. The lowest BCUT2D eigenvalue weighted by Gasteiger charge is -2.34. The Morgan fingerprint density at radius 1 is 1.12 bits per heavy atom. The number of piperazine rings is 2. The molecular formula is C16H27N5O4S. The molecule has 0 radical (unpaired) electrons. The maximum atomic E-state index is 12.8. The van der Waals surface area contributed by atoms with Crippen molar-refractivity contribution in [3.63, 3.8) is 0 Å². The minimum absolute atomic E-state index is 0.178. The van der Waals surface area contributed by atoms with Crippen molar-refractivity contribution in [3.05, 3.63) is 11.5 Å². The fraction of sp³-hybridized carbons (Fsp3) is 0.750. The summed E-state index contributed by atoms with van der Waals surface area (Å²) in [6.45, 7) is 9.23. The van der Waals surface area contributed by atoms with E-state index in [-0.39, 0.29) is 10.8 Å². The van der Waals surface area contributed by atoms with E-state index in [0.717, 1.165) is 26.2 Å². The zero-order chi connectivity index (χ0) is 18.7. The second-order valence-corrected chi connectivity index (χ2v) is 8.65. The molecule has 2 aliphatic heterocycles. The van der Waals surface area contributed by atoms with Gasteiger partial charge in [-0.05, 0) is 13.8 Å². The number of carbonyl (C=O) groups excluding carboxylic acids is 1. The SMILES string of the molecule is Cc1noc(C)c1S(=O)(=O)N1CCN(CCC(=O)N2CCNCC2)CC1. The average molecular weight is 385 g/mol. The number of aryl methyl sites for hydroxylation is 2. The normalized spacial score (nSPS) is 20.5. The van der Waals surface area contributed by atoms with E-state index in [2.05, 4.69) is 15.4 Å². The summed E-state index contributed by atoms with van der Waals surface area (Å²) < 4.78 is 32.1. The summed E-state index contributed by atoms with van der Waals surface area (Å²) in [5.74, 6) is 0.504. The first-order valence-corrected chi connectivity index (χ1v) is 10.5. The molecule has 1 aromatic heterocycles. The number of sulfonamides is 1.